The summed E-state index contributed by atoms with van der Waals surface area (Å²) >= 11 is 0. The minimum atomic E-state index is -4.38. The first kappa shape index (κ1) is 16.3. The second kappa shape index (κ2) is 6.12. The van der Waals surface area contributed by atoms with E-state index in [0.29, 0.717) is 11.1 Å². The molecule has 0 aliphatic heterocycles. The Morgan fingerprint density at radius 3 is 1.75 bits per heavy atom. The molecule has 8 heteroatoms. The van der Waals surface area contributed by atoms with E-state index in [1.165, 1.54) is 12.1 Å². The van der Waals surface area contributed by atoms with Crippen LogP contribution in [0.4, 0.5) is 13.2 Å². The number of alkyl halides is 3. The fraction of sp³-hybridized carbons (Fsp3) is 0.125. The highest BCUT2D eigenvalue weighted by molar-refractivity contribution is 6.64. The minimum Gasteiger partial charge on any atom is -0.447 e. The molecule has 3 aromatic rings. The average molecular weight is 332 g/mol. The molecule has 0 amide bonds. The van der Waals surface area contributed by atoms with Gasteiger partial charge in [-0.2, -0.15) is 13.2 Å². The fourth-order valence-corrected chi connectivity index (χ4v) is 2.16. The maximum absolute atomic E-state index is 12.6. The minimum absolute atomic E-state index is 0.137. The SMILES string of the molecule is CB(O)c1ccc(-c2nnc(-c3ccc(C(F)(F)F)cc3)o2)cc1. The van der Waals surface area contributed by atoms with Crippen molar-refractivity contribution in [1.82, 2.24) is 10.2 Å². The first-order valence-corrected chi connectivity index (χ1v) is 7.14. The zero-order chi connectivity index (χ0) is 17.3. The highest BCUT2D eigenvalue weighted by atomic mass is 19.4. The van der Waals surface area contributed by atoms with Gasteiger partial charge in [-0.25, -0.2) is 0 Å². The third-order valence-electron chi connectivity index (χ3n) is 3.52. The van der Waals surface area contributed by atoms with E-state index >= 15 is 0 Å². The first-order chi connectivity index (χ1) is 11.3. The van der Waals surface area contributed by atoms with Crippen molar-refractivity contribution >= 4 is 12.4 Å². The molecule has 122 valence electrons. The van der Waals surface area contributed by atoms with Gasteiger partial charge in [0, 0.05) is 11.1 Å². The van der Waals surface area contributed by atoms with Crippen molar-refractivity contribution in [2.45, 2.75) is 13.0 Å². The van der Waals surface area contributed by atoms with Gasteiger partial charge in [-0.05, 0) is 41.9 Å². The Morgan fingerprint density at radius 1 is 0.875 bits per heavy atom. The highest BCUT2D eigenvalue weighted by Gasteiger charge is 2.30. The topological polar surface area (TPSA) is 59.2 Å². The molecule has 0 atom stereocenters. The maximum Gasteiger partial charge on any atom is 0.416 e. The summed E-state index contributed by atoms with van der Waals surface area (Å²) in [5.41, 5.74) is 1.08. The summed E-state index contributed by atoms with van der Waals surface area (Å²) in [6, 6.07) is 11.4. The summed E-state index contributed by atoms with van der Waals surface area (Å²) in [7, 11) is 0. The van der Waals surface area contributed by atoms with E-state index in [1.54, 1.807) is 31.1 Å². The Labute approximate surface area is 136 Å². The summed E-state index contributed by atoms with van der Waals surface area (Å²) in [5.74, 6) is 0.389. The maximum atomic E-state index is 12.6. The molecule has 4 nitrogen and oxygen atoms in total. The van der Waals surface area contributed by atoms with Crippen LogP contribution in [-0.2, 0) is 6.18 Å². The number of benzene rings is 2. The van der Waals surface area contributed by atoms with Gasteiger partial charge < -0.3 is 9.44 Å². The van der Waals surface area contributed by atoms with Crippen LogP contribution < -0.4 is 5.46 Å². The van der Waals surface area contributed by atoms with E-state index in [-0.39, 0.29) is 11.8 Å². The van der Waals surface area contributed by atoms with Gasteiger partial charge in [0.1, 0.15) is 0 Å². The summed E-state index contributed by atoms with van der Waals surface area (Å²) in [6.07, 6.45) is -4.38. The lowest BCUT2D eigenvalue weighted by molar-refractivity contribution is -0.137. The molecule has 0 aliphatic carbocycles. The van der Waals surface area contributed by atoms with Crippen LogP contribution in [-0.4, -0.2) is 22.1 Å². The van der Waals surface area contributed by atoms with E-state index in [2.05, 4.69) is 10.2 Å². The summed E-state index contributed by atoms with van der Waals surface area (Å²) in [5, 5.41) is 17.3. The van der Waals surface area contributed by atoms with E-state index in [4.69, 9.17) is 4.42 Å². The van der Waals surface area contributed by atoms with Crippen molar-refractivity contribution in [1.29, 1.82) is 0 Å². The lowest BCUT2D eigenvalue weighted by atomic mass is 9.64. The molecule has 0 saturated carbocycles. The van der Waals surface area contributed by atoms with E-state index in [9.17, 15) is 18.2 Å². The normalized spacial score (nSPS) is 11.5. The van der Waals surface area contributed by atoms with E-state index in [0.717, 1.165) is 17.6 Å². The van der Waals surface area contributed by atoms with E-state index < -0.39 is 18.7 Å². The number of nitrogens with zero attached hydrogens (tertiary/aromatic N) is 2. The number of rotatable bonds is 3. The largest absolute Gasteiger partial charge is 0.447 e. The molecule has 0 saturated heterocycles. The molecule has 24 heavy (non-hydrogen) atoms. The van der Waals surface area contributed by atoms with Crippen molar-refractivity contribution in [3.05, 3.63) is 54.1 Å². The van der Waals surface area contributed by atoms with Gasteiger partial charge in [-0.1, -0.05) is 19.0 Å². The molecule has 0 aliphatic rings. The molecule has 1 aromatic heterocycles. The zero-order valence-electron chi connectivity index (χ0n) is 12.6. The predicted octanol–water partition coefficient (Wildman–Crippen LogP) is 3.24. The van der Waals surface area contributed by atoms with Crippen LogP contribution in [0.1, 0.15) is 5.56 Å². The lowest BCUT2D eigenvalue weighted by Gasteiger charge is -2.05. The molecule has 3 rings (SSSR count). The fourth-order valence-electron chi connectivity index (χ4n) is 2.16. The third-order valence-corrected chi connectivity index (χ3v) is 3.52. The van der Waals surface area contributed by atoms with Crippen LogP contribution in [0.15, 0.2) is 52.9 Å². The Kier molecular flexibility index (Phi) is 4.15. The summed E-state index contributed by atoms with van der Waals surface area (Å²) < 4.78 is 43.2. The van der Waals surface area contributed by atoms with Crippen LogP contribution in [0.5, 0.6) is 0 Å². The number of halogens is 3. The van der Waals surface area contributed by atoms with Crippen LogP contribution in [0.2, 0.25) is 6.82 Å². The Hall–Kier alpha value is -2.61. The summed E-state index contributed by atoms with van der Waals surface area (Å²) in [6.45, 7) is 1.08. The molecule has 0 unspecified atom stereocenters. The van der Waals surface area contributed by atoms with Gasteiger partial charge in [0.2, 0.25) is 11.8 Å². The molecule has 0 spiro atoms. The second-order valence-corrected chi connectivity index (χ2v) is 5.29. The van der Waals surface area contributed by atoms with Gasteiger partial charge in [0.05, 0.1) is 5.56 Å². The molecule has 0 radical (unpaired) electrons. The second-order valence-electron chi connectivity index (χ2n) is 5.29. The predicted molar refractivity (Wildman–Crippen MR) is 83.6 cm³/mol. The molecule has 1 N–H and O–H groups in total. The van der Waals surface area contributed by atoms with Crippen molar-refractivity contribution < 1.29 is 22.6 Å². The molecule has 0 bridgehead atoms. The van der Waals surface area contributed by atoms with Gasteiger partial charge in [-0.15, -0.1) is 10.2 Å². The highest BCUT2D eigenvalue weighted by Crippen LogP contribution is 2.31. The van der Waals surface area contributed by atoms with E-state index in [1.807, 2.05) is 0 Å². The molecule has 1 heterocycles. The molecule has 0 fully saturated rings. The van der Waals surface area contributed by atoms with Crippen LogP contribution in [0, 0.1) is 0 Å². The van der Waals surface area contributed by atoms with Crippen LogP contribution in [0.3, 0.4) is 0 Å². The lowest BCUT2D eigenvalue weighted by Crippen LogP contribution is -2.25. The van der Waals surface area contributed by atoms with Crippen molar-refractivity contribution in [3.8, 4) is 22.9 Å². The number of aromatic nitrogens is 2. The standard InChI is InChI=1S/C16H12BF3N2O2/c1-17(23)13-8-4-11(5-9-13)15-22-21-14(24-15)10-2-6-12(7-3-10)16(18,19)20/h2-9,23H,1H3. The smallest absolute Gasteiger partial charge is 0.416 e. The quantitative estimate of drug-likeness (QED) is 0.748. The Morgan fingerprint density at radius 2 is 1.33 bits per heavy atom. The Bertz CT molecular complexity index is 828. The first-order valence-electron chi connectivity index (χ1n) is 7.14. The average Bonchev–Trinajstić information content (AvgIpc) is 3.04. The third kappa shape index (κ3) is 3.33. The van der Waals surface area contributed by atoms with Crippen molar-refractivity contribution in [2.24, 2.45) is 0 Å². The van der Waals surface area contributed by atoms with Crippen LogP contribution in [0.25, 0.3) is 22.9 Å². The number of hydrogen-bond donors (Lipinski definition) is 1. The number of hydrogen-bond acceptors (Lipinski definition) is 4. The van der Waals surface area contributed by atoms with Crippen molar-refractivity contribution in [2.75, 3.05) is 0 Å². The summed E-state index contributed by atoms with van der Waals surface area (Å²) in [4.78, 5) is 0. The van der Waals surface area contributed by atoms with Crippen molar-refractivity contribution in [3.63, 3.8) is 0 Å². The molecular formula is C16H12BF3N2O2. The zero-order valence-corrected chi connectivity index (χ0v) is 12.6. The van der Waals surface area contributed by atoms with Gasteiger partial charge in [0.25, 0.3) is 0 Å². The van der Waals surface area contributed by atoms with Crippen LogP contribution >= 0.6 is 0 Å². The van der Waals surface area contributed by atoms with Gasteiger partial charge in [0.15, 0.2) is 0 Å². The molecule has 2 aromatic carbocycles. The Balaban J connectivity index is 1.85. The van der Waals surface area contributed by atoms with Gasteiger partial charge >= 0.3 is 13.1 Å². The molecular weight excluding hydrogens is 320 g/mol. The van der Waals surface area contributed by atoms with Gasteiger partial charge in [-0.3, -0.25) is 0 Å². The monoisotopic (exact) mass is 332 g/mol.